The number of thiophene rings is 1. The third-order valence-corrected chi connectivity index (χ3v) is 8.51. The van der Waals surface area contributed by atoms with Crippen LogP contribution in [0, 0.1) is 6.92 Å². The van der Waals surface area contributed by atoms with E-state index < -0.39 is 10.0 Å². The summed E-state index contributed by atoms with van der Waals surface area (Å²) in [4.78, 5) is 18.6. The number of aromatic nitrogens is 1. The van der Waals surface area contributed by atoms with Crippen LogP contribution in [-0.2, 0) is 10.0 Å². The van der Waals surface area contributed by atoms with Crippen LogP contribution >= 0.6 is 27.3 Å². The minimum absolute atomic E-state index is 0.105. The standard InChI is InChI=1S/C18H18BrN3O3S2/c1-12-2-5-17(26-12)27(24,25)22-8-6-21(7-9-22)18(23)16-11-13-10-14(19)3-4-15(13)20-16/h2-5,10-11,20H,6-9H2,1H3. The van der Waals surface area contributed by atoms with Crippen LogP contribution in [0.25, 0.3) is 10.9 Å². The number of aryl methyl sites for hydroxylation is 1. The number of piperazine rings is 1. The number of aromatic amines is 1. The first-order valence-corrected chi connectivity index (χ1v) is 11.5. The Morgan fingerprint density at radius 3 is 2.52 bits per heavy atom. The number of benzene rings is 1. The Labute approximate surface area is 170 Å². The topological polar surface area (TPSA) is 73.5 Å². The van der Waals surface area contributed by atoms with E-state index in [9.17, 15) is 13.2 Å². The smallest absolute Gasteiger partial charge is 0.270 e. The van der Waals surface area contributed by atoms with E-state index in [0.29, 0.717) is 36.1 Å². The minimum Gasteiger partial charge on any atom is -0.351 e. The molecule has 1 fully saturated rings. The molecule has 9 heteroatoms. The molecule has 6 nitrogen and oxygen atoms in total. The van der Waals surface area contributed by atoms with E-state index in [4.69, 9.17) is 0 Å². The molecule has 3 aromatic rings. The number of sulfonamides is 1. The fourth-order valence-corrected chi connectivity index (χ4v) is 6.44. The van der Waals surface area contributed by atoms with E-state index in [1.807, 2.05) is 37.3 Å². The molecule has 0 radical (unpaired) electrons. The second-order valence-electron chi connectivity index (χ2n) is 6.48. The van der Waals surface area contributed by atoms with Crippen LogP contribution in [0.15, 0.2) is 45.1 Å². The largest absolute Gasteiger partial charge is 0.351 e. The highest BCUT2D eigenvalue weighted by Crippen LogP contribution is 2.26. The van der Waals surface area contributed by atoms with Gasteiger partial charge in [0, 0.05) is 46.4 Å². The zero-order chi connectivity index (χ0) is 19.2. The second kappa shape index (κ2) is 7.05. The summed E-state index contributed by atoms with van der Waals surface area (Å²) in [6.45, 7) is 3.25. The average molecular weight is 468 g/mol. The summed E-state index contributed by atoms with van der Waals surface area (Å²) in [5.74, 6) is -0.105. The number of carbonyl (C=O) groups excluding carboxylic acids is 1. The van der Waals surface area contributed by atoms with Crippen molar-refractivity contribution in [3.05, 3.63) is 51.4 Å². The summed E-state index contributed by atoms with van der Waals surface area (Å²) in [6.07, 6.45) is 0. The highest BCUT2D eigenvalue weighted by Gasteiger charge is 2.31. The lowest BCUT2D eigenvalue weighted by Gasteiger charge is -2.33. The van der Waals surface area contributed by atoms with Crippen molar-refractivity contribution in [1.82, 2.24) is 14.2 Å². The van der Waals surface area contributed by atoms with Gasteiger partial charge in [0.05, 0.1) is 0 Å². The first kappa shape index (κ1) is 18.7. The maximum atomic E-state index is 12.8. The predicted octanol–water partition coefficient (Wildman–Crippen LogP) is 3.45. The van der Waals surface area contributed by atoms with E-state index in [1.54, 1.807) is 11.0 Å². The maximum absolute atomic E-state index is 12.8. The van der Waals surface area contributed by atoms with Gasteiger partial charge in [-0.2, -0.15) is 4.31 Å². The Morgan fingerprint density at radius 2 is 1.85 bits per heavy atom. The number of rotatable bonds is 3. The van der Waals surface area contributed by atoms with Crippen LogP contribution in [0.2, 0.25) is 0 Å². The van der Waals surface area contributed by atoms with Crippen molar-refractivity contribution in [3.63, 3.8) is 0 Å². The second-order valence-corrected chi connectivity index (χ2v) is 10.8. The lowest BCUT2D eigenvalue weighted by molar-refractivity contribution is 0.0693. The molecule has 0 saturated carbocycles. The van der Waals surface area contributed by atoms with Gasteiger partial charge < -0.3 is 9.88 Å². The first-order valence-electron chi connectivity index (χ1n) is 8.49. The first-order chi connectivity index (χ1) is 12.8. The molecule has 1 aliphatic rings. The van der Waals surface area contributed by atoms with Crippen molar-refractivity contribution in [3.8, 4) is 0 Å². The molecule has 0 atom stereocenters. The fraction of sp³-hybridized carbons (Fsp3) is 0.278. The molecule has 3 heterocycles. The number of halogens is 1. The predicted molar refractivity (Wildman–Crippen MR) is 110 cm³/mol. The number of nitrogens with one attached hydrogen (secondary N) is 1. The lowest BCUT2D eigenvalue weighted by atomic mass is 10.2. The van der Waals surface area contributed by atoms with Gasteiger partial charge in [-0.05, 0) is 43.3 Å². The van der Waals surface area contributed by atoms with Crippen LogP contribution < -0.4 is 0 Å². The molecule has 0 unspecified atom stereocenters. The summed E-state index contributed by atoms with van der Waals surface area (Å²) in [7, 11) is -3.48. The van der Waals surface area contributed by atoms with Gasteiger partial charge in [-0.3, -0.25) is 4.79 Å². The molecule has 2 aromatic heterocycles. The molecular formula is C18H18BrN3O3S2. The Kier molecular flexibility index (Phi) is 4.87. The van der Waals surface area contributed by atoms with Crippen LogP contribution in [0.3, 0.4) is 0 Å². The number of H-pyrrole nitrogens is 1. The Bertz CT molecular complexity index is 1110. The maximum Gasteiger partial charge on any atom is 0.270 e. The van der Waals surface area contributed by atoms with Gasteiger partial charge in [-0.1, -0.05) is 15.9 Å². The van der Waals surface area contributed by atoms with Crippen molar-refractivity contribution in [1.29, 1.82) is 0 Å². The molecule has 1 N–H and O–H groups in total. The Morgan fingerprint density at radius 1 is 1.11 bits per heavy atom. The molecular weight excluding hydrogens is 450 g/mol. The Hall–Kier alpha value is -1.68. The number of carbonyl (C=O) groups is 1. The van der Waals surface area contributed by atoms with Crippen LogP contribution in [0.1, 0.15) is 15.4 Å². The third-order valence-electron chi connectivity index (χ3n) is 4.65. The van der Waals surface area contributed by atoms with Gasteiger partial charge in [0.25, 0.3) is 15.9 Å². The van der Waals surface area contributed by atoms with Crippen molar-refractivity contribution in [2.24, 2.45) is 0 Å². The minimum atomic E-state index is -3.48. The van der Waals surface area contributed by atoms with Crippen molar-refractivity contribution >= 4 is 54.1 Å². The monoisotopic (exact) mass is 467 g/mol. The summed E-state index contributed by atoms with van der Waals surface area (Å²) in [6, 6.07) is 11.1. The van der Waals surface area contributed by atoms with E-state index in [2.05, 4.69) is 20.9 Å². The van der Waals surface area contributed by atoms with Gasteiger partial charge in [-0.25, -0.2) is 8.42 Å². The molecule has 0 aliphatic carbocycles. The van der Waals surface area contributed by atoms with Crippen LogP contribution in [-0.4, -0.2) is 54.7 Å². The summed E-state index contributed by atoms with van der Waals surface area (Å²) in [5, 5.41) is 0.960. The van der Waals surface area contributed by atoms with Gasteiger partial charge >= 0.3 is 0 Å². The quantitative estimate of drug-likeness (QED) is 0.640. The normalized spacial score (nSPS) is 16.1. The summed E-state index contributed by atoms with van der Waals surface area (Å²) < 4.78 is 28.2. The van der Waals surface area contributed by atoms with Crippen molar-refractivity contribution < 1.29 is 13.2 Å². The molecule has 0 bridgehead atoms. The van der Waals surface area contributed by atoms with E-state index in [0.717, 1.165) is 20.3 Å². The molecule has 0 spiro atoms. The summed E-state index contributed by atoms with van der Waals surface area (Å²) >= 11 is 4.71. The number of amides is 1. The average Bonchev–Trinajstić information content (AvgIpc) is 3.27. The van der Waals surface area contributed by atoms with Crippen molar-refractivity contribution in [2.75, 3.05) is 26.2 Å². The van der Waals surface area contributed by atoms with Gasteiger partial charge in [0.15, 0.2) is 0 Å². The Balaban J connectivity index is 1.47. The molecule has 1 aliphatic heterocycles. The van der Waals surface area contributed by atoms with Crippen molar-refractivity contribution in [2.45, 2.75) is 11.1 Å². The molecule has 142 valence electrons. The molecule has 4 rings (SSSR count). The van der Waals surface area contributed by atoms with Gasteiger partial charge in [-0.15, -0.1) is 11.3 Å². The molecule has 1 saturated heterocycles. The molecule has 1 aromatic carbocycles. The zero-order valence-corrected chi connectivity index (χ0v) is 17.8. The van der Waals surface area contributed by atoms with E-state index in [-0.39, 0.29) is 5.91 Å². The third kappa shape index (κ3) is 3.56. The van der Waals surface area contributed by atoms with Gasteiger partial charge in [0.2, 0.25) is 0 Å². The highest BCUT2D eigenvalue weighted by atomic mass is 79.9. The number of nitrogens with zero attached hydrogens (tertiary/aromatic N) is 2. The molecule has 1 amide bonds. The van der Waals surface area contributed by atoms with E-state index >= 15 is 0 Å². The summed E-state index contributed by atoms with van der Waals surface area (Å²) in [5.41, 5.74) is 1.42. The number of hydrogen-bond donors (Lipinski definition) is 1. The number of fused-ring (bicyclic) bond motifs is 1. The number of hydrogen-bond acceptors (Lipinski definition) is 4. The van der Waals surface area contributed by atoms with E-state index in [1.165, 1.54) is 15.6 Å². The van der Waals surface area contributed by atoms with Crippen LogP contribution in [0.5, 0.6) is 0 Å². The SMILES string of the molecule is Cc1ccc(S(=O)(=O)N2CCN(C(=O)c3cc4cc(Br)ccc4[nH]3)CC2)s1. The van der Waals surface area contributed by atoms with Crippen LogP contribution in [0.4, 0.5) is 0 Å². The lowest BCUT2D eigenvalue weighted by Crippen LogP contribution is -2.50. The zero-order valence-electron chi connectivity index (χ0n) is 14.6. The van der Waals surface area contributed by atoms with Gasteiger partial charge in [0.1, 0.15) is 9.90 Å². The highest BCUT2D eigenvalue weighted by molar-refractivity contribution is 9.10. The fourth-order valence-electron chi connectivity index (χ4n) is 3.20. The molecule has 27 heavy (non-hydrogen) atoms.